The zero-order valence-electron chi connectivity index (χ0n) is 10.3. The second-order valence-electron chi connectivity index (χ2n) is 3.72. The number of hydrogen-bond donors (Lipinski definition) is 2. The maximum Gasteiger partial charge on any atom is 0.341 e. The molecule has 2 rings (SSSR count). The van der Waals surface area contributed by atoms with E-state index in [2.05, 4.69) is 20.3 Å². The van der Waals surface area contributed by atoms with E-state index < -0.39 is 34.7 Å². The molecular weight excluding hydrogens is 275 g/mol. The number of H-pyrrole nitrogens is 1. The maximum absolute atomic E-state index is 14.1. The summed E-state index contributed by atoms with van der Waals surface area (Å²) in [7, 11) is 0. The van der Waals surface area contributed by atoms with Crippen molar-refractivity contribution in [3.63, 3.8) is 0 Å². The molecule has 0 fully saturated rings. The second kappa shape index (κ2) is 5.64. The highest BCUT2D eigenvalue weighted by Gasteiger charge is 2.20. The number of aromatic nitrogens is 2. The summed E-state index contributed by atoms with van der Waals surface area (Å²) in [5, 5.41) is 7.74. The number of anilines is 2. The van der Waals surface area contributed by atoms with Gasteiger partial charge in [0.25, 0.3) is 0 Å². The number of nitrogens with one attached hydrogen (secondary N) is 2. The minimum Gasteiger partial charge on any atom is -0.462 e. The molecule has 20 heavy (non-hydrogen) atoms. The Hall–Kier alpha value is -2.51. The molecule has 106 valence electrons. The number of benzene rings is 1. The van der Waals surface area contributed by atoms with Crippen molar-refractivity contribution in [3.05, 3.63) is 41.3 Å². The van der Waals surface area contributed by atoms with Crippen molar-refractivity contribution < 1.29 is 22.7 Å². The molecule has 0 bridgehead atoms. The molecule has 8 heteroatoms. The van der Waals surface area contributed by atoms with E-state index in [1.807, 2.05) is 0 Å². The van der Waals surface area contributed by atoms with Crippen molar-refractivity contribution in [2.24, 2.45) is 0 Å². The highest BCUT2D eigenvalue weighted by atomic mass is 19.1. The molecule has 1 heterocycles. The predicted octanol–water partition coefficient (Wildman–Crippen LogP) is 2.75. The third-order valence-electron chi connectivity index (χ3n) is 2.43. The van der Waals surface area contributed by atoms with Gasteiger partial charge in [-0.1, -0.05) is 0 Å². The van der Waals surface area contributed by atoms with Gasteiger partial charge in [-0.25, -0.2) is 18.0 Å². The van der Waals surface area contributed by atoms with Crippen LogP contribution in [0.4, 0.5) is 24.7 Å². The van der Waals surface area contributed by atoms with Gasteiger partial charge in [0.05, 0.1) is 18.4 Å². The van der Waals surface area contributed by atoms with E-state index in [1.165, 1.54) is 0 Å². The number of ether oxygens (including phenoxy) is 1. The molecule has 1 aromatic heterocycles. The first-order valence-corrected chi connectivity index (χ1v) is 5.65. The molecule has 2 aromatic rings. The van der Waals surface area contributed by atoms with Gasteiger partial charge in [0.2, 0.25) is 0 Å². The van der Waals surface area contributed by atoms with Gasteiger partial charge in [-0.15, -0.1) is 0 Å². The lowest BCUT2D eigenvalue weighted by atomic mass is 10.1. The third-order valence-corrected chi connectivity index (χ3v) is 2.43. The normalized spacial score (nSPS) is 10.4. The Balaban J connectivity index is 2.40. The van der Waals surface area contributed by atoms with E-state index >= 15 is 0 Å². The molecule has 5 nitrogen and oxygen atoms in total. The Morgan fingerprint density at radius 3 is 2.70 bits per heavy atom. The lowest BCUT2D eigenvalue weighted by Crippen LogP contribution is -2.10. The van der Waals surface area contributed by atoms with Crippen LogP contribution < -0.4 is 5.32 Å². The van der Waals surface area contributed by atoms with Crippen molar-refractivity contribution in [1.82, 2.24) is 10.2 Å². The Bertz CT molecular complexity index is 643. The van der Waals surface area contributed by atoms with Crippen molar-refractivity contribution in [1.29, 1.82) is 0 Å². The van der Waals surface area contributed by atoms with Crippen LogP contribution in [0.15, 0.2) is 18.3 Å². The Morgan fingerprint density at radius 1 is 1.35 bits per heavy atom. The molecule has 0 saturated carbocycles. The molecule has 1 aromatic carbocycles. The van der Waals surface area contributed by atoms with Crippen LogP contribution >= 0.6 is 0 Å². The maximum atomic E-state index is 14.1. The summed E-state index contributed by atoms with van der Waals surface area (Å²) in [5.41, 5.74) is -1.12. The minimum absolute atomic E-state index is 0.0492. The summed E-state index contributed by atoms with van der Waals surface area (Å²) < 4.78 is 45.5. The average Bonchev–Trinajstić information content (AvgIpc) is 2.80. The first kappa shape index (κ1) is 13.9. The van der Waals surface area contributed by atoms with E-state index in [0.29, 0.717) is 0 Å². The summed E-state index contributed by atoms with van der Waals surface area (Å²) in [6.07, 6.45) is 0.841. The second-order valence-corrected chi connectivity index (χ2v) is 3.72. The smallest absolute Gasteiger partial charge is 0.341 e. The van der Waals surface area contributed by atoms with Crippen molar-refractivity contribution in [2.45, 2.75) is 6.92 Å². The first-order chi connectivity index (χ1) is 9.54. The quantitative estimate of drug-likeness (QED) is 0.848. The fraction of sp³-hybridized carbons (Fsp3) is 0.167. The molecule has 0 saturated heterocycles. The van der Waals surface area contributed by atoms with Crippen LogP contribution in [0.2, 0.25) is 0 Å². The van der Waals surface area contributed by atoms with Gasteiger partial charge >= 0.3 is 5.97 Å². The Labute approximate surface area is 111 Å². The van der Waals surface area contributed by atoms with Gasteiger partial charge in [0.1, 0.15) is 11.5 Å². The molecule has 0 atom stereocenters. The van der Waals surface area contributed by atoms with E-state index in [0.717, 1.165) is 18.3 Å². The number of rotatable bonds is 4. The SMILES string of the molecule is CCOC(=O)c1ccc(F)c(Nc2[nH]ncc2F)c1F. The monoisotopic (exact) mass is 285 g/mol. The van der Waals surface area contributed by atoms with Crippen LogP contribution in [-0.2, 0) is 4.74 Å². The van der Waals surface area contributed by atoms with Crippen LogP contribution in [0.1, 0.15) is 17.3 Å². The lowest BCUT2D eigenvalue weighted by Gasteiger charge is -2.10. The van der Waals surface area contributed by atoms with E-state index in [-0.39, 0.29) is 12.4 Å². The highest BCUT2D eigenvalue weighted by Crippen LogP contribution is 2.26. The molecule has 0 aliphatic rings. The fourth-order valence-corrected chi connectivity index (χ4v) is 1.52. The number of hydrogen-bond acceptors (Lipinski definition) is 4. The number of carbonyl (C=O) groups excluding carboxylic acids is 1. The predicted molar refractivity (Wildman–Crippen MR) is 64.1 cm³/mol. The number of halogens is 3. The van der Waals surface area contributed by atoms with Gasteiger partial charge in [0, 0.05) is 0 Å². The summed E-state index contributed by atoms with van der Waals surface area (Å²) >= 11 is 0. The van der Waals surface area contributed by atoms with Crippen molar-refractivity contribution in [2.75, 3.05) is 11.9 Å². The zero-order chi connectivity index (χ0) is 14.7. The van der Waals surface area contributed by atoms with Crippen molar-refractivity contribution >= 4 is 17.5 Å². The minimum atomic E-state index is -1.17. The fourth-order valence-electron chi connectivity index (χ4n) is 1.52. The van der Waals surface area contributed by atoms with Gasteiger partial charge in [-0.2, -0.15) is 5.10 Å². The van der Waals surface area contributed by atoms with E-state index in [9.17, 15) is 18.0 Å². The summed E-state index contributed by atoms with van der Waals surface area (Å²) in [5.74, 6) is -4.21. The molecule has 0 spiro atoms. The summed E-state index contributed by atoms with van der Waals surface area (Å²) in [4.78, 5) is 11.5. The van der Waals surface area contributed by atoms with Crippen LogP contribution in [-0.4, -0.2) is 22.8 Å². The Morgan fingerprint density at radius 2 is 2.10 bits per heavy atom. The van der Waals surface area contributed by atoms with Gasteiger partial charge in [-0.05, 0) is 19.1 Å². The molecule has 0 amide bonds. The summed E-state index contributed by atoms with van der Waals surface area (Å²) in [6, 6.07) is 1.84. The van der Waals surface area contributed by atoms with Gasteiger partial charge in [0.15, 0.2) is 17.5 Å². The summed E-state index contributed by atoms with van der Waals surface area (Å²) in [6.45, 7) is 1.60. The average molecular weight is 285 g/mol. The zero-order valence-corrected chi connectivity index (χ0v) is 10.3. The molecule has 0 unspecified atom stereocenters. The Kier molecular flexibility index (Phi) is 3.92. The third kappa shape index (κ3) is 2.58. The number of carbonyl (C=O) groups is 1. The van der Waals surface area contributed by atoms with Crippen LogP contribution in [0, 0.1) is 17.5 Å². The topological polar surface area (TPSA) is 67.0 Å². The molecule has 2 N–H and O–H groups in total. The molecule has 0 aliphatic carbocycles. The van der Waals surface area contributed by atoms with Crippen LogP contribution in [0.5, 0.6) is 0 Å². The number of esters is 1. The van der Waals surface area contributed by atoms with Gasteiger partial charge in [-0.3, -0.25) is 5.10 Å². The number of aromatic amines is 1. The largest absolute Gasteiger partial charge is 0.462 e. The van der Waals surface area contributed by atoms with Gasteiger partial charge < -0.3 is 10.1 Å². The van der Waals surface area contributed by atoms with Crippen molar-refractivity contribution in [3.8, 4) is 0 Å². The van der Waals surface area contributed by atoms with E-state index in [4.69, 9.17) is 0 Å². The first-order valence-electron chi connectivity index (χ1n) is 5.65. The highest BCUT2D eigenvalue weighted by molar-refractivity contribution is 5.91. The van der Waals surface area contributed by atoms with Crippen LogP contribution in [0.25, 0.3) is 0 Å². The number of nitrogens with zero attached hydrogens (tertiary/aromatic N) is 1. The standard InChI is InChI=1S/C12H10F3N3O2/c1-2-20-12(19)6-3-4-7(13)10(9(6)15)17-11-8(14)5-16-18-11/h3-5H,2H2,1H3,(H2,16,17,18). The van der Waals surface area contributed by atoms with E-state index in [1.54, 1.807) is 6.92 Å². The lowest BCUT2D eigenvalue weighted by molar-refractivity contribution is 0.0521. The molecule has 0 radical (unpaired) electrons. The molecular formula is C12H10F3N3O2. The van der Waals surface area contributed by atoms with Crippen LogP contribution in [0.3, 0.4) is 0 Å². The molecule has 0 aliphatic heterocycles.